The van der Waals surface area contributed by atoms with E-state index in [9.17, 15) is 4.79 Å². The van der Waals surface area contributed by atoms with E-state index in [0.717, 1.165) is 17.0 Å². The van der Waals surface area contributed by atoms with Crippen LogP contribution in [0.2, 0.25) is 0 Å². The van der Waals surface area contributed by atoms with E-state index in [1.54, 1.807) is 12.1 Å². The van der Waals surface area contributed by atoms with Crippen LogP contribution in [0.1, 0.15) is 39.2 Å². The van der Waals surface area contributed by atoms with Gasteiger partial charge in [0.15, 0.2) is 5.82 Å². The highest BCUT2D eigenvalue weighted by Gasteiger charge is 2.23. The first-order chi connectivity index (χ1) is 13.6. The van der Waals surface area contributed by atoms with Crippen molar-refractivity contribution in [1.29, 1.82) is 0 Å². The van der Waals surface area contributed by atoms with Crippen LogP contribution in [0.5, 0.6) is 0 Å². The molecule has 4 rings (SSSR count). The number of rotatable bonds is 5. The van der Waals surface area contributed by atoms with Crippen LogP contribution in [0.4, 0.5) is 0 Å². The number of nitrogens with zero attached hydrogens (tertiary/aromatic N) is 4. The van der Waals surface area contributed by atoms with E-state index in [4.69, 9.17) is 0 Å². The molecule has 1 unspecified atom stereocenters. The van der Waals surface area contributed by atoms with Crippen molar-refractivity contribution in [3.63, 3.8) is 0 Å². The molecule has 6 heteroatoms. The Labute approximate surface area is 163 Å². The molecule has 0 aliphatic heterocycles. The largest absolute Gasteiger partial charge is 0.342 e. The minimum Gasteiger partial charge on any atom is -0.342 e. The summed E-state index contributed by atoms with van der Waals surface area (Å²) < 4.78 is 1.91. The van der Waals surface area contributed by atoms with Gasteiger partial charge in [0.1, 0.15) is 0 Å². The fraction of sp³-hybridized carbons (Fsp3) is 0.182. The summed E-state index contributed by atoms with van der Waals surface area (Å²) in [5.41, 5.74) is 3.59. The fourth-order valence-electron chi connectivity index (χ4n) is 3.37. The average Bonchev–Trinajstić information content (AvgIpc) is 3.13. The second-order valence-electron chi connectivity index (χ2n) is 6.81. The molecule has 6 nitrogen and oxygen atoms in total. The maximum Gasteiger partial charge on any atom is 0.255 e. The Morgan fingerprint density at radius 3 is 2.39 bits per heavy atom. The van der Waals surface area contributed by atoms with E-state index >= 15 is 0 Å². The Balaban J connectivity index is 1.74. The van der Waals surface area contributed by atoms with Gasteiger partial charge in [0, 0.05) is 17.0 Å². The molecule has 1 amide bonds. The van der Waals surface area contributed by atoms with Gasteiger partial charge in [0.25, 0.3) is 11.7 Å². The highest BCUT2D eigenvalue weighted by molar-refractivity contribution is 5.94. The number of aromatic nitrogens is 4. The first kappa shape index (κ1) is 17.9. The van der Waals surface area contributed by atoms with Crippen molar-refractivity contribution >= 4 is 11.7 Å². The Kier molecular flexibility index (Phi) is 4.85. The molecule has 0 saturated carbocycles. The number of nitrogens with one attached hydrogen (secondary N) is 1. The molecule has 28 heavy (non-hydrogen) atoms. The van der Waals surface area contributed by atoms with E-state index < -0.39 is 0 Å². The van der Waals surface area contributed by atoms with Crippen molar-refractivity contribution < 1.29 is 4.79 Å². The average molecular weight is 371 g/mol. The Bertz CT molecular complexity index is 1110. The summed E-state index contributed by atoms with van der Waals surface area (Å²) in [5, 5.41) is 11.7. The molecule has 2 aromatic carbocycles. The predicted molar refractivity (Wildman–Crippen MR) is 107 cm³/mol. The normalized spacial score (nSPS) is 12.1. The monoisotopic (exact) mass is 371 g/mol. The van der Waals surface area contributed by atoms with Crippen LogP contribution < -0.4 is 5.32 Å². The lowest BCUT2D eigenvalue weighted by Gasteiger charge is -2.18. The van der Waals surface area contributed by atoms with E-state index in [0.29, 0.717) is 23.6 Å². The fourth-order valence-corrected chi connectivity index (χ4v) is 3.37. The Hall–Kier alpha value is -3.54. The lowest BCUT2D eigenvalue weighted by Crippen LogP contribution is -2.31. The summed E-state index contributed by atoms with van der Waals surface area (Å²) in [6.07, 6.45) is 0.605. The summed E-state index contributed by atoms with van der Waals surface area (Å²) in [4.78, 5) is 17.3. The predicted octanol–water partition coefficient (Wildman–Crippen LogP) is 3.45. The molecule has 1 N–H and O–H groups in total. The van der Waals surface area contributed by atoms with Gasteiger partial charge in [-0.15, -0.1) is 10.2 Å². The van der Waals surface area contributed by atoms with E-state index in [1.807, 2.05) is 72.8 Å². The number of aryl methyl sites for hydroxylation is 2. The molecule has 0 spiro atoms. The van der Waals surface area contributed by atoms with Crippen LogP contribution in [0.25, 0.3) is 5.78 Å². The highest BCUT2D eigenvalue weighted by atomic mass is 16.1. The summed E-state index contributed by atoms with van der Waals surface area (Å²) in [7, 11) is 0. The van der Waals surface area contributed by atoms with Gasteiger partial charge in [-0.3, -0.25) is 9.20 Å². The number of hydrogen-bond donors (Lipinski definition) is 1. The van der Waals surface area contributed by atoms with Crippen molar-refractivity contribution in [3.05, 3.63) is 95.1 Å². The Morgan fingerprint density at radius 1 is 1.00 bits per heavy atom. The summed E-state index contributed by atoms with van der Waals surface area (Å²) >= 11 is 0. The number of benzene rings is 2. The first-order valence-corrected chi connectivity index (χ1v) is 9.21. The van der Waals surface area contributed by atoms with Crippen LogP contribution >= 0.6 is 0 Å². The van der Waals surface area contributed by atoms with Gasteiger partial charge in [-0.25, -0.2) is 4.98 Å². The zero-order valence-corrected chi connectivity index (χ0v) is 15.8. The smallest absolute Gasteiger partial charge is 0.255 e. The number of fused-ring (bicyclic) bond motifs is 1. The minimum atomic E-state index is -0.340. The van der Waals surface area contributed by atoms with Crippen LogP contribution in [-0.2, 0) is 6.42 Å². The molecule has 0 radical (unpaired) electrons. The summed E-state index contributed by atoms with van der Waals surface area (Å²) in [6.45, 7) is 3.92. The van der Waals surface area contributed by atoms with Gasteiger partial charge in [-0.05, 0) is 44.0 Å². The Morgan fingerprint density at radius 2 is 1.68 bits per heavy atom. The minimum absolute atomic E-state index is 0.143. The zero-order chi connectivity index (χ0) is 19.5. The zero-order valence-electron chi connectivity index (χ0n) is 15.8. The lowest BCUT2D eigenvalue weighted by atomic mass is 10.0. The molecular formula is C22H21N5O. The lowest BCUT2D eigenvalue weighted by molar-refractivity contribution is 0.0934. The molecule has 4 aromatic rings. The van der Waals surface area contributed by atoms with Crippen LogP contribution in [-0.4, -0.2) is 25.5 Å². The van der Waals surface area contributed by atoms with E-state index in [1.165, 1.54) is 0 Å². The number of carbonyl (C=O) groups is 1. The molecule has 0 saturated heterocycles. The van der Waals surface area contributed by atoms with E-state index in [2.05, 4.69) is 20.5 Å². The van der Waals surface area contributed by atoms with Crippen molar-refractivity contribution in [1.82, 2.24) is 24.9 Å². The second-order valence-corrected chi connectivity index (χ2v) is 6.81. The first-order valence-electron chi connectivity index (χ1n) is 9.21. The van der Waals surface area contributed by atoms with Crippen molar-refractivity contribution in [3.8, 4) is 0 Å². The topological polar surface area (TPSA) is 72.2 Å². The second kappa shape index (κ2) is 7.60. The summed E-state index contributed by atoms with van der Waals surface area (Å²) in [6, 6.07) is 20.9. The van der Waals surface area contributed by atoms with Crippen molar-refractivity contribution in [2.24, 2.45) is 0 Å². The number of carbonyl (C=O) groups excluding carboxylic acids is 1. The van der Waals surface area contributed by atoms with Crippen molar-refractivity contribution in [2.75, 3.05) is 0 Å². The third-order valence-corrected chi connectivity index (χ3v) is 4.65. The third-order valence-electron chi connectivity index (χ3n) is 4.65. The van der Waals surface area contributed by atoms with Gasteiger partial charge in [-0.1, -0.05) is 48.5 Å². The molecule has 0 fully saturated rings. The van der Waals surface area contributed by atoms with Gasteiger partial charge in [-0.2, -0.15) is 0 Å². The highest BCUT2D eigenvalue weighted by Crippen LogP contribution is 2.20. The van der Waals surface area contributed by atoms with Crippen LogP contribution in [0.3, 0.4) is 0 Å². The standard InChI is InChI=1S/C22H21N5O/c1-15-13-16(2)27-20(25-26-22(27)23-15)19(14-17-9-5-3-6-10-17)24-21(28)18-11-7-4-8-12-18/h3-13,19H,14H2,1-2H3,(H,24,28). The van der Waals surface area contributed by atoms with Gasteiger partial charge >= 0.3 is 0 Å². The SMILES string of the molecule is Cc1cc(C)n2c(C(Cc3ccccc3)NC(=O)c3ccccc3)nnc2n1. The quantitative estimate of drug-likeness (QED) is 0.583. The van der Waals surface area contributed by atoms with Gasteiger partial charge < -0.3 is 5.32 Å². The molecule has 140 valence electrons. The summed E-state index contributed by atoms with van der Waals surface area (Å²) in [5.74, 6) is 1.07. The molecule has 0 bridgehead atoms. The third kappa shape index (κ3) is 3.62. The van der Waals surface area contributed by atoms with Crippen LogP contribution in [0.15, 0.2) is 66.7 Å². The van der Waals surface area contributed by atoms with Crippen molar-refractivity contribution in [2.45, 2.75) is 26.3 Å². The number of hydrogen-bond acceptors (Lipinski definition) is 4. The van der Waals surface area contributed by atoms with Gasteiger partial charge in [0.05, 0.1) is 6.04 Å². The maximum atomic E-state index is 12.8. The number of amides is 1. The molecular weight excluding hydrogens is 350 g/mol. The molecule has 0 aliphatic rings. The molecule has 2 aromatic heterocycles. The van der Waals surface area contributed by atoms with E-state index in [-0.39, 0.29) is 11.9 Å². The van der Waals surface area contributed by atoms with Crippen LogP contribution in [0, 0.1) is 13.8 Å². The molecule has 0 aliphatic carbocycles. The molecule has 1 atom stereocenters. The molecule has 2 heterocycles. The van der Waals surface area contributed by atoms with Gasteiger partial charge in [0.2, 0.25) is 0 Å². The maximum absolute atomic E-state index is 12.8.